The predicted octanol–water partition coefficient (Wildman–Crippen LogP) is 4.65. The predicted molar refractivity (Wildman–Crippen MR) is 133 cm³/mol. The Labute approximate surface area is 201 Å². The number of carbonyl (C=O) groups excluding carboxylic acids is 2. The lowest BCUT2D eigenvalue weighted by Gasteiger charge is -2.36. The quantitative estimate of drug-likeness (QED) is 0.574. The van der Waals surface area contributed by atoms with E-state index in [-0.39, 0.29) is 17.7 Å². The topological polar surface area (TPSA) is 58.4 Å². The van der Waals surface area contributed by atoms with Gasteiger partial charge in [0.2, 0.25) is 5.91 Å². The summed E-state index contributed by atoms with van der Waals surface area (Å²) in [4.78, 5) is 30.6. The summed E-state index contributed by atoms with van der Waals surface area (Å²) in [5.74, 6) is 0.997. The van der Waals surface area contributed by atoms with Gasteiger partial charge in [-0.1, -0.05) is 55.5 Å². The van der Waals surface area contributed by atoms with Crippen LogP contribution in [0.3, 0.4) is 0 Å². The van der Waals surface area contributed by atoms with E-state index >= 15 is 0 Å². The first kappa shape index (κ1) is 22.4. The SMILES string of the molecule is CC1CCN(C(=O)C2CCN(C(=O)c3cn(-c4ccccc4)nc3-c3ccccc3)CC2)CC1. The van der Waals surface area contributed by atoms with Crippen molar-refractivity contribution in [3.63, 3.8) is 0 Å². The molecule has 0 bridgehead atoms. The Balaban J connectivity index is 1.33. The lowest BCUT2D eigenvalue weighted by molar-refractivity contribution is -0.138. The number of likely N-dealkylation sites (tertiary alicyclic amines) is 2. The van der Waals surface area contributed by atoms with Crippen molar-refractivity contribution in [2.45, 2.75) is 32.6 Å². The third-order valence-electron chi connectivity index (χ3n) is 7.24. The molecule has 2 aliphatic heterocycles. The molecule has 0 N–H and O–H groups in total. The Kier molecular flexibility index (Phi) is 6.48. The monoisotopic (exact) mass is 456 g/mol. The summed E-state index contributed by atoms with van der Waals surface area (Å²) in [6, 6.07) is 19.7. The molecule has 2 saturated heterocycles. The fourth-order valence-corrected chi connectivity index (χ4v) is 5.04. The number of para-hydroxylation sites is 1. The maximum Gasteiger partial charge on any atom is 0.257 e. The Morgan fingerprint density at radius 1 is 0.794 bits per heavy atom. The highest BCUT2D eigenvalue weighted by Gasteiger charge is 2.33. The molecule has 3 heterocycles. The van der Waals surface area contributed by atoms with Crippen molar-refractivity contribution in [2.75, 3.05) is 26.2 Å². The van der Waals surface area contributed by atoms with E-state index in [1.807, 2.05) is 76.7 Å². The van der Waals surface area contributed by atoms with E-state index < -0.39 is 0 Å². The summed E-state index contributed by atoms with van der Waals surface area (Å²) in [6.07, 6.45) is 5.48. The number of piperidine rings is 2. The molecule has 0 saturated carbocycles. The summed E-state index contributed by atoms with van der Waals surface area (Å²) in [6.45, 7) is 5.21. The summed E-state index contributed by atoms with van der Waals surface area (Å²) in [5, 5.41) is 4.79. The molecule has 0 spiro atoms. The molecule has 2 amide bonds. The molecule has 176 valence electrons. The van der Waals surface area contributed by atoms with Gasteiger partial charge in [0.05, 0.1) is 11.3 Å². The Morgan fingerprint density at radius 2 is 1.38 bits per heavy atom. The second-order valence-corrected chi connectivity index (χ2v) is 9.61. The van der Waals surface area contributed by atoms with Crippen LogP contribution in [-0.4, -0.2) is 57.6 Å². The van der Waals surface area contributed by atoms with Crippen LogP contribution in [0.2, 0.25) is 0 Å². The van der Waals surface area contributed by atoms with Crippen molar-refractivity contribution >= 4 is 11.8 Å². The highest BCUT2D eigenvalue weighted by molar-refractivity contribution is 6.00. The molecule has 6 nitrogen and oxygen atoms in total. The minimum Gasteiger partial charge on any atom is -0.342 e. The number of rotatable bonds is 4. The number of amides is 2. The molecule has 1 aromatic heterocycles. The molecule has 2 fully saturated rings. The molecule has 0 radical (unpaired) electrons. The Bertz CT molecular complexity index is 1130. The molecule has 2 aromatic carbocycles. The van der Waals surface area contributed by atoms with Crippen LogP contribution in [0.15, 0.2) is 66.9 Å². The third-order valence-corrected chi connectivity index (χ3v) is 7.24. The van der Waals surface area contributed by atoms with E-state index in [9.17, 15) is 9.59 Å². The number of aromatic nitrogens is 2. The number of carbonyl (C=O) groups is 2. The summed E-state index contributed by atoms with van der Waals surface area (Å²) < 4.78 is 1.78. The molecule has 6 heteroatoms. The molecule has 5 rings (SSSR count). The lowest BCUT2D eigenvalue weighted by Crippen LogP contribution is -2.46. The van der Waals surface area contributed by atoms with Crippen LogP contribution in [0.4, 0.5) is 0 Å². The van der Waals surface area contributed by atoms with Crippen LogP contribution < -0.4 is 0 Å². The van der Waals surface area contributed by atoms with Crippen molar-refractivity contribution in [3.05, 3.63) is 72.4 Å². The highest BCUT2D eigenvalue weighted by atomic mass is 16.2. The average molecular weight is 457 g/mol. The van der Waals surface area contributed by atoms with Gasteiger partial charge in [-0.2, -0.15) is 5.10 Å². The highest BCUT2D eigenvalue weighted by Crippen LogP contribution is 2.28. The molecule has 3 aromatic rings. The minimum atomic E-state index is -0.0151. The van der Waals surface area contributed by atoms with Crippen molar-refractivity contribution in [1.29, 1.82) is 0 Å². The zero-order valence-corrected chi connectivity index (χ0v) is 19.8. The van der Waals surface area contributed by atoms with Crippen LogP contribution in [0.1, 0.15) is 43.0 Å². The Hall–Kier alpha value is -3.41. The van der Waals surface area contributed by atoms with Gasteiger partial charge in [-0.15, -0.1) is 0 Å². The fourth-order valence-electron chi connectivity index (χ4n) is 5.04. The average Bonchev–Trinajstić information content (AvgIpc) is 3.35. The first-order chi connectivity index (χ1) is 16.6. The fraction of sp³-hybridized carbons (Fsp3) is 0.393. The molecule has 0 aliphatic carbocycles. The summed E-state index contributed by atoms with van der Waals surface area (Å²) in [7, 11) is 0. The van der Waals surface area contributed by atoms with Gasteiger partial charge in [0.15, 0.2) is 0 Å². The van der Waals surface area contributed by atoms with Crippen molar-refractivity contribution in [3.8, 4) is 16.9 Å². The maximum absolute atomic E-state index is 13.6. The van der Waals surface area contributed by atoms with Gasteiger partial charge in [0, 0.05) is 43.9 Å². The van der Waals surface area contributed by atoms with Gasteiger partial charge < -0.3 is 9.80 Å². The second kappa shape index (κ2) is 9.84. The molecule has 2 aliphatic rings. The number of hydrogen-bond acceptors (Lipinski definition) is 3. The van der Waals surface area contributed by atoms with Crippen LogP contribution in [-0.2, 0) is 4.79 Å². The van der Waals surface area contributed by atoms with Crippen molar-refractivity contribution < 1.29 is 9.59 Å². The molecule has 34 heavy (non-hydrogen) atoms. The molecule has 0 unspecified atom stereocenters. The summed E-state index contributed by atoms with van der Waals surface area (Å²) in [5.41, 5.74) is 3.13. The summed E-state index contributed by atoms with van der Waals surface area (Å²) >= 11 is 0. The van der Waals surface area contributed by atoms with E-state index in [1.165, 1.54) is 0 Å². The van der Waals surface area contributed by atoms with Gasteiger partial charge in [0.25, 0.3) is 5.91 Å². The van der Waals surface area contributed by atoms with Crippen molar-refractivity contribution in [2.24, 2.45) is 11.8 Å². The second-order valence-electron chi connectivity index (χ2n) is 9.61. The normalized spacial score (nSPS) is 17.7. The first-order valence-corrected chi connectivity index (χ1v) is 12.4. The van der Waals surface area contributed by atoms with E-state index in [2.05, 4.69) is 6.92 Å². The zero-order valence-electron chi connectivity index (χ0n) is 19.8. The Morgan fingerprint density at radius 3 is 2.03 bits per heavy atom. The van der Waals surface area contributed by atoms with Crippen LogP contribution in [0, 0.1) is 11.8 Å². The maximum atomic E-state index is 13.6. The van der Waals surface area contributed by atoms with Crippen LogP contribution >= 0.6 is 0 Å². The largest absolute Gasteiger partial charge is 0.342 e. The van der Waals surface area contributed by atoms with Gasteiger partial charge in [-0.25, -0.2) is 4.68 Å². The molecular formula is C28H32N4O2. The van der Waals surface area contributed by atoms with Crippen LogP contribution in [0.5, 0.6) is 0 Å². The lowest BCUT2D eigenvalue weighted by atomic mass is 9.92. The zero-order chi connectivity index (χ0) is 23.5. The van der Waals surface area contributed by atoms with Gasteiger partial charge in [-0.3, -0.25) is 9.59 Å². The minimum absolute atomic E-state index is 0.0151. The smallest absolute Gasteiger partial charge is 0.257 e. The van der Waals surface area contributed by atoms with Crippen LogP contribution in [0.25, 0.3) is 16.9 Å². The van der Waals surface area contributed by atoms with Crippen molar-refractivity contribution in [1.82, 2.24) is 19.6 Å². The van der Waals surface area contributed by atoms with Gasteiger partial charge >= 0.3 is 0 Å². The first-order valence-electron chi connectivity index (χ1n) is 12.4. The van der Waals surface area contributed by atoms with E-state index in [1.54, 1.807) is 4.68 Å². The molecule has 0 atom stereocenters. The van der Waals surface area contributed by atoms with E-state index in [0.29, 0.717) is 30.3 Å². The van der Waals surface area contributed by atoms with E-state index in [4.69, 9.17) is 5.10 Å². The van der Waals surface area contributed by atoms with Gasteiger partial charge in [0.1, 0.15) is 5.69 Å². The number of nitrogens with zero attached hydrogens (tertiary/aromatic N) is 4. The third kappa shape index (κ3) is 4.63. The number of hydrogen-bond donors (Lipinski definition) is 0. The van der Waals surface area contributed by atoms with Gasteiger partial charge in [-0.05, 0) is 43.7 Å². The van der Waals surface area contributed by atoms with E-state index in [0.717, 1.165) is 50.0 Å². The standard InChI is InChI=1S/C28H32N4O2/c1-21-12-16-30(17-13-21)27(33)23-14-18-31(19-15-23)28(34)25-20-32(24-10-6-3-7-11-24)29-26(25)22-8-4-2-5-9-22/h2-11,20-21,23H,12-19H2,1H3. The molecular weight excluding hydrogens is 424 g/mol. The number of benzene rings is 2.